The summed E-state index contributed by atoms with van der Waals surface area (Å²) in [6, 6.07) is 14.6. The molecule has 1 aliphatic heterocycles. The van der Waals surface area contributed by atoms with E-state index in [-0.39, 0.29) is 29.5 Å². The molecule has 0 aliphatic carbocycles. The summed E-state index contributed by atoms with van der Waals surface area (Å²) in [7, 11) is -3.83. The molecule has 0 bridgehead atoms. The van der Waals surface area contributed by atoms with Crippen molar-refractivity contribution in [2.45, 2.75) is 4.90 Å². The van der Waals surface area contributed by atoms with Crippen molar-refractivity contribution < 1.29 is 17.7 Å². The van der Waals surface area contributed by atoms with Crippen LogP contribution >= 0.6 is 0 Å². The molecule has 0 radical (unpaired) electrons. The number of nitro groups is 1. The van der Waals surface area contributed by atoms with E-state index in [9.17, 15) is 22.9 Å². The molecule has 0 N–H and O–H groups in total. The normalized spacial score (nSPS) is 15.1. The van der Waals surface area contributed by atoms with Crippen LogP contribution in [0.15, 0.2) is 65.6 Å². The molecule has 9 nitrogen and oxygen atoms in total. The van der Waals surface area contributed by atoms with E-state index in [2.05, 4.69) is 10.2 Å². The standard InChI is InChI=1S/C20H18FN5O4S/c21-16-6-4-15(5-7-16)19-8-9-20(23-22-19)24-10-12-25(13-11-24)31(29,30)18-3-1-2-17(14-18)26(27)28/h1-9,14H,10-13H2. The molecule has 11 heteroatoms. The average molecular weight is 443 g/mol. The van der Waals surface area contributed by atoms with E-state index in [0.29, 0.717) is 24.6 Å². The number of piperazine rings is 1. The quantitative estimate of drug-likeness (QED) is 0.440. The van der Waals surface area contributed by atoms with Crippen molar-refractivity contribution in [3.63, 3.8) is 0 Å². The molecule has 0 unspecified atom stereocenters. The van der Waals surface area contributed by atoms with Crippen LogP contribution in [-0.4, -0.2) is 54.0 Å². The number of benzene rings is 2. The molecule has 1 aromatic heterocycles. The van der Waals surface area contributed by atoms with Gasteiger partial charge in [0.25, 0.3) is 5.69 Å². The first-order valence-electron chi connectivity index (χ1n) is 9.44. The Morgan fingerprint density at radius 3 is 2.26 bits per heavy atom. The van der Waals surface area contributed by atoms with Crippen molar-refractivity contribution in [3.8, 4) is 11.3 Å². The highest BCUT2D eigenvalue weighted by molar-refractivity contribution is 7.89. The van der Waals surface area contributed by atoms with Gasteiger partial charge in [-0.2, -0.15) is 4.31 Å². The fourth-order valence-corrected chi connectivity index (χ4v) is 4.80. The first kappa shape index (κ1) is 20.8. The third-order valence-electron chi connectivity index (χ3n) is 5.02. The van der Waals surface area contributed by atoms with Gasteiger partial charge in [-0.1, -0.05) is 6.07 Å². The maximum atomic E-state index is 13.1. The summed E-state index contributed by atoms with van der Waals surface area (Å²) in [6.45, 7) is 1.23. The van der Waals surface area contributed by atoms with Gasteiger partial charge in [0.2, 0.25) is 10.0 Å². The van der Waals surface area contributed by atoms with Crippen LogP contribution in [0.3, 0.4) is 0 Å². The van der Waals surface area contributed by atoms with E-state index in [1.54, 1.807) is 24.3 Å². The van der Waals surface area contributed by atoms with E-state index in [4.69, 9.17) is 0 Å². The Morgan fingerprint density at radius 1 is 0.935 bits per heavy atom. The van der Waals surface area contributed by atoms with E-state index < -0.39 is 14.9 Å². The van der Waals surface area contributed by atoms with Crippen LogP contribution in [0.4, 0.5) is 15.9 Å². The molecular weight excluding hydrogens is 425 g/mol. The highest BCUT2D eigenvalue weighted by atomic mass is 32.2. The first-order chi connectivity index (χ1) is 14.8. The van der Waals surface area contributed by atoms with Crippen molar-refractivity contribution in [1.29, 1.82) is 0 Å². The molecule has 2 heterocycles. The Labute approximate surface area is 178 Å². The minimum atomic E-state index is -3.83. The lowest BCUT2D eigenvalue weighted by Crippen LogP contribution is -2.49. The first-order valence-corrected chi connectivity index (χ1v) is 10.9. The smallest absolute Gasteiger partial charge is 0.270 e. The molecule has 0 spiro atoms. The molecule has 1 fully saturated rings. The molecule has 0 amide bonds. The lowest BCUT2D eigenvalue weighted by atomic mass is 10.1. The predicted molar refractivity (Wildman–Crippen MR) is 111 cm³/mol. The van der Waals surface area contributed by atoms with Gasteiger partial charge in [-0.15, -0.1) is 10.2 Å². The largest absolute Gasteiger partial charge is 0.352 e. The van der Waals surface area contributed by atoms with Gasteiger partial charge in [-0.25, -0.2) is 12.8 Å². The van der Waals surface area contributed by atoms with Crippen LogP contribution in [0.5, 0.6) is 0 Å². The number of sulfonamides is 1. The van der Waals surface area contributed by atoms with Gasteiger partial charge in [0.15, 0.2) is 5.82 Å². The van der Waals surface area contributed by atoms with Crippen LogP contribution in [0.2, 0.25) is 0 Å². The second-order valence-electron chi connectivity index (χ2n) is 6.93. The van der Waals surface area contributed by atoms with Gasteiger partial charge in [0.1, 0.15) is 5.82 Å². The molecule has 160 valence electrons. The van der Waals surface area contributed by atoms with Crippen molar-refractivity contribution >= 4 is 21.5 Å². The fourth-order valence-electron chi connectivity index (χ4n) is 3.33. The van der Waals surface area contributed by atoms with Crippen LogP contribution < -0.4 is 4.90 Å². The average Bonchev–Trinajstić information content (AvgIpc) is 2.80. The van der Waals surface area contributed by atoms with E-state index in [0.717, 1.165) is 11.6 Å². The molecule has 0 saturated carbocycles. The molecular formula is C20H18FN5O4S. The van der Waals surface area contributed by atoms with Gasteiger partial charge in [-0.05, 0) is 42.5 Å². The van der Waals surface area contributed by atoms with Crippen LogP contribution in [0.25, 0.3) is 11.3 Å². The zero-order valence-electron chi connectivity index (χ0n) is 16.3. The number of aromatic nitrogens is 2. The van der Waals surface area contributed by atoms with Crippen LogP contribution in [-0.2, 0) is 10.0 Å². The fraction of sp³-hybridized carbons (Fsp3) is 0.200. The SMILES string of the molecule is O=[N+]([O-])c1cccc(S(=O)(=O)N2CCN(c3ccc(-c4ccc(F)cc4)nn3)CC2)c1. The van der Waals surface area contributed by atoms with Gasteiger partial charge in [-0.3, -0.25) is 10.1 Å². The number of rotatable bonds is 5. The predicted octanol–water partition coefficient (Wildman–Crippen LogP) is 2.70. The Bertz CT molecular complexity index is 1190. The number of halogens is 1. The van der Waals surface area contributed by atoms with Crippen LogP contribution in [0, 0.1) is 15.9 Å². The zero-order chi connectivity index (χ0) is 22.0. The van der Waals surface area contributed by atoms with Crippen molar-refractivity contribution in [2.75, 3.05) is 31.1 Å². The summed E-state index contributed by atoms with van der Waals surface area (Å²) in [5.41, 5.74) is 1.08. The molecule has 1 aliphatic rings. The molecule has 2 aromatic carbocycles. The monoisotopic (exact) mass is 443 g/mol. The summed E-state index contributed by atoms with van der Waals surface area (Å²) in [5, 5.41) is 19.3. The number of nitrogens with zero attached hydrogens (tertiary/aromatic N) is 5. The maximum Gasteiger partial charge on any atom is 0.270 e. The highest BCUT2D eigenvalue weighted by Gasteiger charge is 2.30. The molecule has 1 saturated heterocycles. The third-order valence-corrected chi connectivity index (χ3v) is 6.91. The molecule has 4 rings (SSSR count). The minimum Gasteiger partial charge on any atom is -0.352 e. The Balaban J connectivity index is 1.44. The number of anilines is 1. The Kier molecular flexibility index (Phi) is 5.61. The molecule has 31 heavy (non-hydrogen) atoms. The van der Waals surface area contributed by atoms with E-state index in [1.165, 1.54) is 34.6 Å². The van der Waals surface area contributed by atoms with Gasteiger partial charge in [0, 0.05) is 43.9 Å². The van der Waals surface area contributed by atoms with Gasteiger partial charge in [0.05, 0.1) is 15.5 Å². The zero-order valence-corrected chi connectivity index (χ0v) is 17.1. The highest BCUT2D eigenvalue weighted by Crippen LogP contribution is 2.24. The Morgan fingerprint density at radius 2 is 1.65 bits per heavy atom. The summed E-state index contributed by atoms with van der Waals surface area (Å²) in [4.78, 5) is 12.1. The topological polar surface area (TPSA) is 110 Å². The number of nitro benzene ring substituents is 1. The lowest BCUT2D eigenvalue weighted by Gasteiger charge is -2.34. The summed E-state index contributed by atoms with van der Waals surface area (Å²) in [5.74, 6) is 0.282. The van der Waals surface area contributed by atoms with Crippen LogP contribution in [0.1, 0.15) is 0 Å². The van der Waals surface area contributed by atoms with E-state index in [1.807, 2.05) is 4.90 Å². The maximum absolute atomic E-state index is 13.1. The summed E-state index contributed by atoms with van der Waals surface area (Å²) < 4.78 is 40.1. The third kappa shape index (κ3) is 4.37. The van der Waals surface area contributed by atoms with Crippen molar-refractivity contribution in [1.82, 2.24) is 14.5 Å². The Hall–Kier alpha value is -3.44. The van der Waals surface area contributed by atoms with Crippen molar-refractivity contribution in [2.24, 2.45) is 0 Å². The molecule has 3 aromatic rings. The number of non-ortho nitro benzene ring substituents is 1. The second-order valence-corrected chi connectivity index (χ2v) is 8.87. The van der Waals surface area contributed by atoms with E-state index >= 15 is 0 Å². The van der Waals surface area contributed by atoms with Gasteiger partial charge < -0.3 is 4.90 Å². The lowest BCUT2D eigenvalue weighted by molar-refractivity contribution is -0.385. The summed E-state index contributed by atoms with van der Waals surface area (Å²) >= 11 is 0. The number of hydrogen-bond acceptors (Lipinski definition) is 7. The number of hydrogen-bond donors (Lipinski definition) is 0. The second kappa shape index (κ2) is 8.36. The van der Waals surface area contributed by atoms with Gasteiger partial charge >= 0.3 is 0 Å². The minimum absolute atomic E-state index is 0.0985. The van der Waals surface area contributed by atoms with Crippen molar-refractivity contribution in [3.05, 3.63) is 76.6 Å². The summed E-state index contributed by atoms with van der Waals surface area (Å²) in [6.07, 6.45) is 0. The molecule has 0 atom stereocenters.